The summed E-state index contributed by atoms with van der Waals surface area (Å²) in [6.07, 6.45) is 5.59. The van der Waals surface area contributed by atoms with Gasteiger partial charge in [0.25, 0.3) is 0 Å². The first-order valence-corrected chi connectivity index (χ1v) is 13.3. The molecule has 0 saturated carbocycles. The summed E-state index contributed by atoms with van der Waals surface area (Å²) in [5, 5.41) is 4.32. The lowest BCUT2D eigenvalue weighted by molar-refractivity contribution is 0.647. The van der Waals surface area contributed by atoms with E-state index < -0.39 is 0 Å². The Bertz CT molecular complexity index is 1590. The molecule has 0 atom stereocenters. The molecule has 5 heteroatoms. The van der Waals surface area contributed by atoms with Gasteiger partial charge in [-0.15, -0.1) is 0 Å². The van der Waals surface area contributed by atoms with Gasteiger partial charge in [-0.3, -0.25) is 4.40 Å². The molecule has 6 rings (SSSR count). The lowest BCUT2D eigenvalue weighted by atomic mass is 9.98. The average molecular weight is 510 g/mol. The Kier molecular flexibility index (Phi) is 5.94. The van der Waals surface area contributed by atoms with Crippen LogP contribution in [0.25, 0.3) is 28.0 Å². The van der Waals surface area contributed by atoms with E-state index in [0.29, 0.717) is 0 Å². The van der Waals surface area contributed by atoms with E-state index in [-0.39, 0.29) is 0 Å². The van der Waals surface area contributed by atoms with Gasteiger partial charge >= 0.3 is 0 Å². The van der Waals surface area contributed by atoms with Crippen LogP contribution < -0.4 is 5.32 Å². The van der Waals surface area contributed by atoms with E-state index in [2.05, 4.69) is 95.0 Å². The minimum absolute atomic E-state index is 0.727. The Morgan fingerprint density at radius 1 is 0.917 bits per heavy atom. The van der Waals surface area contributed by atoms with Gasteiger partial charge in [0.1, 0.15) is 10.6 Å². The number of thiocarbonyl (C=S) groups is 1. The minimum atomic E-state index is 0.727. The summed E-state index contributed by atoms with van der Waals surface area (Å²) in [7, 11) is 0. The summed E-state index contributed by atoms with van der Waals surface area (Å²) in [5.41, 5.74) is 11.9. The number of aromatic nitrogens is 2. The van der Waals surface area contributed by atoms with Gasteiger partial charge in [-0.2, -0.15) is 0 Å². The topological polar surface area (TPSA) is 21.4 Å². The lowest BCUT2D eigenvalue weighted by Gasteiger charge is -2.14. The van der Waals surface area contributed by atoms with Crippen molar-refractivity contribution in [2.45, 2.75) is 39.7 Å². The largest absolute Gasteiger partial charge is 0.345 e. The Morgan fingerprint density at radius 3 is 2.44 bits per heavy atom. The quantitative estimate of drug-likeness (QED) is 0.245. The molecule has 0 fully saturated rings. The second-order valence-electron chi connectivity index (χ2n) is 9.66. The van der Waals surface area contributed by atoms with Crippen molar-refractivity contribution in [2.75, 3.05) is 5.32 Å². The number of nitrogens with zero attached hydrogens (tertiary/aromatic N) is 2. The van der Waals surface area contributed by atoms with Crippen molar-refractivity contribution in [3.8, 4) is 22.4 Å². The number of aryl methyl sites for hydroxylation is 4. The molecule has 0 amide bonds. The molecule has 5 aromatic rings. The van der Waals surface area contributed by atoms with E-state index in [9.17, 15) is 0 Å². The monoisotopic (exact) mass is 509 g/mol. The molecule has 2 aromatic heterocycles. The summed E-state index contributed by atoms with van der Waals surface area (Å²) in [5.74, 6) is 0. The van der Waals surface area contributed by atoms with Gasteiger partial charge in [0.15, 0.2) is 0 Å². The van der Waals surface area contributed by atoms with Crippen LogP contribution in [0.3, 0.4) is 0 Å². The third-order valence-corrected chi connectivity index (χ3v) is 7.73. The van der Waals surface area contributed by atoms with Crippen LogP contribution in [0.1, 0.15) is 35.2 Å². The summed E-state index contributed by atoms with van der Waals surface area (Å²) >= 11 is 12.4. The Morgan fingerprint density at radius 2 is 1.69 bits per heavy atom. The molecule has 0 bridgehead atoms. The smallest absolute Gasteiger partial charge is 0.128 e. The zero-order chi connectivity index (χ0) is 24.8. The number of nitrogens with one attached hydrogen (secondary N) is 1. The second kappa shape index (κ2) is 9.27. The maximum atomic E-state index is 6.27. The van der Waals surface area contributed by atoms with Gasteiger partial charge in [-0.1, -0.05) is 84.0 Å². The number of benzene rings is 3. The molecule has 0 unspecified atom stereocenters. The van der Waals surface area contributed by atoms with Crippen LogP contribution in [0, 0.1) is 13.8 Å². The Labute approximate surface area is 222 Å². The highest BCUT2D eigenvalue weighted by Gasteiger charge is 2.28. The summed E-state index contributed by atoms with van der Waals surface area (Å²) in [6.45, 7) is 5.23. The van der Waals surface area contributed by atoms with Crippen LogP contribution in [0.15, 0.2) is 79.0 Å². The molecule has 180 valence electrons. The first-order chi connectivity index (χ1) is 17.5. The van der Waals surface area contributed by atoms with Crippen molar-refractivity contribution >= 4 is 40.1 Å². The normalized spacial score (nSPS) is 13.1. The standard InChI is InChI=1S/C31H28ClN3S/c1-20-11-16-26(21(2)18-20)33-30(36)29-28(23-12-14-24(32)15-13-23)25-10-6-7-17-34-27(19-35(29)31(25)34)22-8-4-3-5-9-22/h3-5,8-9,11-16,18-19H,6-7,10,17H2,1-2H3,(H,33,36). The molecule has 0 radical (unpaired) electrons. The zero-order valence-corrected chi connectivity index (χ0v) is 22.1. The van der Waals surface area contributed by atoms with Crippen molar-refractivity contribution in [1.82, 2.24) is 8.97 Å². The van der Waals surface area contributed by atoms with Crippen LogP contribution in [-0.2, 0) is 13.0 Å². The van der Waals surface area contributed by atoms with E-state index in [1.807, 2.05) is 12.1 Å². The van der Waals surface area contributed by atoms with E-state index in [4.69, 9.17) is 23.8 Å². The van der Waals surface area contributed by atoms with Crippen molar-refractivity contribution < 1.29 is 0 Å². The van der Waals surface area contributed by atoms with Crippen LogP contribution in [0.4, 0.5) is 5.69 Å². The van der Waals surface area contributed by atoms with Crippen molar-refractivity contribution in [1.29, 1.82) is 0 Å². The predicted octanol–water partition coefficient (Wildman–Crippen LogP) is 8.47. The highest BCUT2D eigenvalue weighted by molar-refractivity contribution is 7.81. The minimum Gasteiger partial charge on any atom is -0.345 e. The number of hydrogen-bond donors (Lipinski definition) is 1. The van der Waals surface area contributed by atoms with E-state index in [1.165, 1.54) is 39.2 Å². The van der Waals surface area contributed by atoms with Crippen molar-refractivity contribution in [2.24, 2.45) is 0 Å². The lowest BCUT2D eigenvalue weighted by Crippen LogP contribution is -2.15. The number of halogens is 1. The molecular weight excluding hydrogens is 482 g/mol. The van der Waals surface area contributed by atoms with E-state index >= 15 is 0 Å². The number of rotatable bonds is 4. The number of hydrogen-bond acceptors (Lipinski definition) is 1. The molecule has 3 nitrogen and oxygen atoms in total. The fraction of sp³-hybridized carbons (Fsp3) is 0.194. The second-order valence-corrected chi connectivity index (χ2v) is 10.5. The fourth-order valence-corrected chi connectivity index (χ4v) is 5.95. The van der Waals surface area contributed by atoms with Gasteiger partial charge in [-0.05, 0) is 68.0 Å². The fourth-order valence-electron chi connectivity index (χ4n) is 5.51. The third-order valence-electron chi connectivity index (χ3n) is 7.18. The molecule has 0 saturated heterocycles. The maximum absolute atomic E-state index is 6.27. The number of imidazole rings is 1. The Hall–Kier alpha value is -3.34. The van der Waals surface area contributed by atoms with E-state index in [0.717, 1.165) is 52.8 Å². The summed E-state index contributed by atoms with van der Waals surface area (Å²) < 4.78 is 4.81. The first kappa shape index (κ1) is 23.1. The van der Waals surface area contributed by atoms with Crippen LogP contribution in [0.5, 0.6) is 0 Å². The van der Waals surface area contributed by atoms with Gasteiger partial charge in [0.2, 0.25) is 0 Å². The highest BCUT2D eigenvalue weighted by Crippen LogP contribution is 2.40. The highest BCUT2D eigenvalue weighted by atomic mass is 35.5. The SMILES string of the molecule is Cc1ccc(NC(=S)c2c(-c3ccc(Cl)cc3)c3c4n(c(-c5ccccc5)cn24)CCCC3)c(C)c1. The molecule has 3 heterocycles. The van der Waals surface area contributed by atoms with Gasteiger partial charge in [0, 0.05) is 34.6 Å². The third kappa shape index (κ3) is 3.95. The van der Waals surface area contributed by atoms with Gasteiger partial charge in [0.05, 0.1) is 11.4 Å². The zero-order valence-electron chi connectivity index (χ0n) is 20.5. The summed E-state index contributed by atoms with van der Waals surface area (Å²) in [6, 6.07) is 25.3. The molecule has 36 heavy (non-hydrogen) atoms. The molecule has 0 aliphatic carbocycles. The van der Waals surface area contributed by atoms with Crippen molar-refractivity contribution in [3.05, 3.63) is 106 Å². The van der Waals surface area contributed by atoms with E-state index in [1.54, 1.807) is 0 Å². The predicted molar refractivity (Wildman–Crippen MR) is 155 cm³/mol. The molecule has 1 aliphatic rings. The molecule has 1 aliphatic heterocycles. The molecular formula is C31H28ClN3S. The summed E-state index contributed by atoms with van der Waals surface area (Å²) in [4.78, 5) is 0.727. The molecule has 3 aromatic carbocycles. The van der Waals surface area contributed by atoms with Gasteiger partial charge in [-0.25, -0.2) is 0 Å². The van der Waals surface area contributed by atoms with Crippen LogP contribution >= 0.6 is 23.8 Å². The molecule has 1 N–H and O–H groups in total. The van der Waals surface area contributed by atoms with Crippen molar-refractivity contribution in [3.63, 3.8) is 0 Å². The van der Waals surface area contributed by atoms with Crippen LogP contribution in [-0.4, -0.2) is 14.0 Å². The van der Waals surface area contributed by atoms with Gasteiger partial charge < -0.3 is 9.88 Å². The molecule has 0 spiro atoms. The first-order valence-electron chi connectivity index (χ1n) is 12.5. The van der Waals surface area contributed by atoms with Crippen LogP contribution in [0.2, 0.25) is 5.02 Å². The Balaban J connectivity index is 1.61. The maximum Gasteiger partial charge on any atom is 0.128 e. The average Bonchev–Trinajstić information content (AvgIpc) is 3.30. The number of anilines is 1.